The molecule has 0 amide bonds. The van der Waals surface area contributed by atoms with E-state index in [1.165, 1.54) is 16.5 Å². The topological polar surface area (TPSA) is 24.9 Å². The van der Waals surface area contributed by atoms with Gasteiger partial charge >= 0.3 is 0 Å². The second-order valence-corrected chi connectivity index (χ2v) is 8.38. The van der Waals surface area contributed by atoms with Gasteiger partial charge in [0.1, 0.15) is 0 Å². The molecule has 0 radical (unpaired) electrons. The fourth-order valence-electron chi connectivity index (χ4n) is 2.34. The Bertz CT molecular complexity index is 367. The summed E-state index contributed by atoms with van der Waals surface area (Å²) in [5, 5.41) is 8.57. The van der Waals surface area contributed by atoms with Gasteiger partial charge in [-0.15, -0.1) is 11.3 Å². The molecule has 1 aliphatic rings. The van der Waals surface area contributed by atoms with Gasteiger partial charge in [-0.05, 0) is 13.5 Å². The van der Waals surface area contributed by atoms with Gasteiger partial charge in [-0.25, -0.2) is 4.98 Å². The number of thioether (sulfide) groups is 2. The van der Waals surface area contributed by atoms with E-state index in [0.29, 0.717) is 11.3 Å². The molecule has 3 unspecified atom stereocenters. The molecular formula is C13H22N2S3. The number of rotatable bonds is 5. The predicted octanol–water partition coefficient (Wildman–Crippen LogP) is 3.21. The average Bonchev–Trinajstić information content (AvgIpc) is 2.75. The van der Waals surface area contributed by atoms with E-state index >= 15 is 0 Å². The molecule has 1 N–H and O–H groups in total. The summed E-state index contributed by atoms with van der Waals surface area (Å²) < 4.78 is 0. The van der Waals surface area contributed by atoms with Crippen LogP contribution in [0.15, 0.2) is 5.38 Å². The molecule has 1 aromatic rings. The monoisotopic (exact) mass is 302 g/mol. The fourth-order valence-corrected chi connectivity index (χ4v) is 6.14. The van der Waals surface area contributed by atoms with Gasteiger partial charge in [0.25, 0.3) is 0 Å². The van der Waals surface area contributed by atoms with Crippen LogP contribution in [-0.4, -0.2) is 39.6 Å². The van der Waals surface area contributed by atoms with E-state index in [2.05, 4.69) is 60.0 Å². The maximum absolute atomic E-state index is 4.62. The molecule has 18 heavy (non-hydrogen) atoms. The minimum absolute atomic E-state index is 0.563. The van der Waals surface area contributed by atoms with Crippen molar-refractivity contribution in [3.63, 3.8) is 0 Å². The SMILES string of the molecule is CCNC(Cc1nc(C)cs1)C1SCCSC1C. The highest BCUT2D eigenvalue weighted by Crippen LogP contribution is 2.34. The third kappa shape index (κ3) is 3.89. The zero-order chi connectivity index (χ0) is 13.0. The highest BCUT2D eigenvalue weighted by atomic mass is 32.2. The lowest BCUT2D eigenvalue weighted by molar-refractivity contribution is 0.500. The summed E-state index contributed by atoms with van der Waals surface area (Å²) in [5.41, 5.74) is 1.16. The summed E-state index contributed by atoms with van der Waals surface area (Å²) in [6.07, 6.45) is 1.08. The summed E-state index contributed by atoms with van der Waals surface area (Å²) in [5.74, 6) is 2.59. The first-order chi connectivity index (χ1) is 8.70. The van der Waals surface area contributed by atoms with Crippen molar-refractivity contribution in [1.29, 1.82) is 0 Å². The summed E-state index contributed by atoms with van der Waals surface area (Å²) in [7, 11) is 0. The number of hydrogen-bond acceptors (Lipinski definition) is 5. The first-order valence-electron chi connectivity index (χ1n) is 6.58. The molecule has 1 saturated heterocycles. The van der Waals surface area contributed by atoms with Crippen LogP contribution in [0.3, 0.4) is 0 Å². The standard InChI is InChI=1S/C13H22N2S3/c1-4-14-11(7-12-15-9(2)8-18-12)13-10(3)16-5-6-17-13/h8,10-11,13-14H,4-7H2,1-3H3. The van der Waals surface area contributed by atoms with Crippen LogP contribution in [0.1, 0.15) is 24.5 Å². The van der Waals surface area contributed by atoms with Crippen LogP contribution in [0.5, 0.6) is 0 Å². The number of nitrogens with one attached hydrogen (secondary N) is 1. The van der Waals surface area contributed by atoms with Crippen LogP contribution in [0, 0.1) is 6.92 Å². The Balaban J connectivity index is 2.02. The molecule has 0 bridgehead atoms. The molecule has 2 rings (SSSR count). The summed E-state index contributed by atoms with van der Waals surface area (Å²) in [4.78, 5) is 4.62. The van der Waals surface area contributed by atoms with Crippen LogP contribution in [0.4, 0.5) is 0 Å². The molecular weight excluding hydrogens is 280 g/mol. The number of aromatic nitrogens is 1. The lowest BCUT2D eigenvalue weighted by Gasteiger charge is -2.34. The Kier molecular flexibility index (Phi) is 5.86. The maximum Gasteiger partial charge on any atom is 0.0944 e. The van der Waals surface area contributed by atoms with Crippen molar-refractivity contribution in [3.05, 3.63) is 16.1 Å². The Hall–Kier alpha value is 0.290. The van der Waals surface area contributed by atoms with Gasteiger partial charge in [0, 0.05) is 45.5 Å². The lowest BCUT2D eigenvalue weighted by Crippen LogP contribution is -2.45. The Morgan fingerprint density at radius 2 is 2.22 bits per heavy atom. The minimum Gasteiger partial charge on any atom is -0.313 e. The number of likely N-dealkylation sites (N-methyl/N-ethyl adjacent to an activating group) is 1. The quantitative estimate of drug-likeness (QED) is 0.903. The van der Waals surface area contributed by atoms with E-state index in [4.69, 9.17) is 0 Å². The summed E-state index contributed by atoms with van der Waals surface area (Å²) in [6, 6.07) is 0.563. The molecule has 1 aliphatic heterocycles. The normalized spacial score (nSPS) is 26.2. The predicted molar refractivity (Wildman–Crippen MR) is 86.2 cm³/mol. The minimum atomic E-state index is 0.563. The van der Waals surface area contributed by atoms with Crippen molar-refractivity contribution in [1.82, 2.24) is 10.3 Å². The van der Waals surface area contributed by atoms with Crippen LogP contribution in [-0.2, 0) is 6.42 Å². The summed E-state index contributed by atoms with van der Waals surface area (Å²) in [6.45, 7) is 7.70. The molecule has 5 heteroatoms. The van der Waals surface area contributed by atoms with Gasteiger partial charge in [0.05, 0.1) is 5.01 Å². The Labute approximate surface area is 123 Å². The maximum atomic E-state index is 4.62. The average molecular weight is 303 g/mol. The second kappa shape index (κ2) is 7.17. The molecule has 2 nitrogen and oxygen atoms in total. The van der Waals surface area contributed by atoms with Crippen LogP contribution in [0.25, 0.3) is 0 Å². The van der Waals surface area contributed by atoms with Crippen LogP contribution in [0.2, 0.25) is 0 Å². The van der Waals surface area contributed by atoms with Crippen molar-refractivity contribution in [3.8, 4) is 0 Å². The summed E-state index contributed by atoms with van der Waals surface area (Å²) >= 11 is 6.06. The number of thiazole rings is 1. The van der Waals surface area contributed by atoms with Crippen molar-refractivity contribution >= 4 is 34.9 Å². The van der Waals surface area contributed by atoms with Crippen LogP contribution >= 0.6 is 34.9 Å². The third-order valence-corrected chi connectivity index (χ3v) is 7.40. The largest absolute Gasteiger partial charge is 0.313 e. The first-order valence-corrected chi connectivity index (χ1v) is 9.56. The molecule has 1 fully saturated rings. The molecule has 2 heterocycles. The van der Waals surface area contributed by atoms with E-state index < -0.39 is 0 Å². The number of aryl methyl sites for hydroxylation is 1. The van der Waals surface area contributed by atoms with Gasteiger partial charge in [-0.3, -0.25) is 0 Å². The Morgan fingerprint density at radius 3 is 2.83 bits per heavy atom. The number of hydrogen-bond donors (Lipinski definition) is 1. The van der Waals surface area contributed by atoms with Gasteiger partial charge in [-0.1, -0.05) is 13.8 Å². The van der Waals surface area contributed by atoms with E-state index in [-0.39, 0.29) is 0 Å². The van der Waals surface area contributed by atoms with Crippen molar-refractivity contribution in [2.75, 3.05) is 18.1 Å². The highest BCUT2D eigenvalue weighted by Gasteiger charge is 2.30. The van der Waals surface area contributed by atoms with E-state index in [0.717, 1.165) is 23.9 Å². The molecule has 3 atom stereocenters. The molecule has 1 aromatic heterocycles. The third-order valence-electron chi connectivity index (χ3n) is 3.16. The molecule has 0 aromatic carbocycles. The number of nitrogens with zero attached hydrogens (tertiary/aromatic N) is 1. The van der Waals surface area contributed by atoms with E-state index in [1.807, 2.05) is 0 Å². The van der Waals surface area contributed by atoms with Gasteiger partial charge in [-0.2, -0.15) is 23.5 Å². The highest BCUT2D eigenvalue weighted by molar-refractivity contribution is 8.07. The van der Waals surface area contributed by atoms with Gasteiger partial charge < -0.3 is 5.32 Å². The van der Waals surface area contributed by atoms with Crippen molar-refractivity contribution < 1.29 is 0 Å². The fraction of sp³-hybridized carbons (Fsp3) is 0.769. The molecule has 0 aliphatic carbocycles. The molecule has 0 spiro atoms. The zero-order valence-corrected chi connectivity index (χ0v) is 13.8. The smallest absolute Gasteiger partial charge is 0.0944 e. The molecule has 102 valence electrons. The first kappa shape index (κ1) is 14.7. The molecule has 0 saturated carbocycles. The van der Waals surface area contributed by atoms with Crippen molar-refractivity contribution in [2.24, 2.45) is 0 Å². The van der Waals surface area contributed by atoms with E-state index in [1.54, 1.807) is 11.3 Å². The Morgan fingerprint density at radius 1 is 1.44 bits per heavy atom. The lowest BCUT2D eigenvalue weighted by atomic mass is 10.1. The second-order valence-electron chi connectivity index (χ2n) is 4.66. The van der Waals surface area contributed by atoms with Crippen molar-refractivity contribution in [2.45, 2.75) is 43.7 Å². The van der Waals surface area contributed by atoms with E-state index in [9.17, 15) is 0 Å². The van der Waals surface area contributed by atoms with Crippen LogP contribution < -0.4 is 5.32 Å². The zero-order valence-electron chi connectivity index (χ0n) is 11.3. The van der Waals surface area contributed by atoms with Gasteiger partial charge in [0.2, 0.25) is 0 Å². The van der Waals surface area contributed by atoms with Gasteiger partial charge in [0.15, 0.2) is 0 Å².